The average Bonchev–Trinajstić information content (AvgIpc) is 3.02. The minimum absolute atomic E-state index is 0.123. The summed E-state index contributed by atoms with van der Waals surface area (Å²) in [5, 5.41) is 2.93. The molecule has 0 bridgehead atoms. The SMILES string of the molecule is Cc1nc2ccc(NC(=O)N3CCOC(c4ccc(Br)cc4)C3)cc2o1. The number of urea groups is 1. The van der Waals surface area contributed by atoms with Gasteiger partial charge in [0.2, 0.25) is 0 Å². The molecule has 1 saturated heterocycles. The lowest BCUT2D eigenvalue weighted by Crippen LogP contribution is -2.44. The number of ether oxygens (including phenoxy) is 1. The Balaban J connectivity index is 1.45. The van der Waals surface area contributed by atoms with E-state index >= 15 is 0 Å². The van der Waals surface area contributed by atoms with Crippen molar-refractivity contribution in [3.63, 3.8) is 0 Å². The van der Waals surface area contributed by atoms with E-state index in [1.165, 1.54) is 0 Å². The number of aromatic nitrogens is 1. The van der Waals surface area contributed by atoms with Gasteiger partial charge in [0, 0.05) is 29.7 Å². The number of oxazole rings is 1. The van der Waals surface area contributed by atoms with Gasteiger partial charge in [-0.1, -0.05) is 28.1 Å². The third-order valence-corrected chi connectivity index (χ3v) is 4.87. The summed E-state index contributed by atoms with van der Waals surface area (Å²) in [4.78, 5) is 18.7. The Hall–Kier alpha value is -2.38. The summed E-state index contributed by atoms with van der Waals surface area (Å²) in [6.07, 6.45) is -0.123. The van der Waals surface area contributed by atoms with Crippen molar-refractivity contribution >= 4 is 38.7 Å². The van der Waals surface area contributed by atoms with Crippen LogP contribution in [0.25, 0.3) is 11.1 Å². The highest BCUT2D eigenvalue weighted by molar-refractivity contribution is 9.10. The molecule has 0 aliphatic carbocycles. The van der Waals surface area contributed by atoms with Crippen LogP contribution >= 0.6 is 15.9 Å². The average molecular weight is 416 g/mol. The number of amides is 2. The van der Waals surface area contributed by atoms with Gasteiger partial charge in [-0.3, -0.25) is 0 Å². The minimum Gasteiger partial charge on any atom is -0.441 e. The van der Waals surface area contributed by atoms with Gasteiger partial charge >= 0.3 is 6.03 Å². The fourth-order valence-electron chi connectivity index (χ4n) is 3.03. The summed E-state index contributed by atoms with van der Waals surface area (Å²) in [5.74, 6) is 0.606. The number of anilines is 1. The van der Waals surface area contributed by atoms with Crippen molar-refractivity contribution in [1.82, 2.24) is 9.88 Å². The zero-order chi connectivity index (χ0) is 18.1. The van der Waals surface area contributed by atoms with Crippen LogP contribution in [-0.4, -0.2) is 35.6 Å². The lowest BCUT2D eigenvalue weighted by Gasteiger charge is -2.33. The first-order chi connectivity index (χ1) is 12.6. The molecular weight excluding hydrogens is 398 g/mol. The Morgan fingerprint density at radius 3 is 2.88 bits per heavy atom. The number of fused-ring (bicyclic) bond motifs is 1. The summed E-state index contributed by atoms with van der Waals surface area (Å²) >= 11 is 3.43. The highest BCUT2D eigenvalue weighted by Crippen LogP contribution is 2.25. The van der Waals surface area contributed by atoms with Crippen molar-refractivity contribution in [1.29, 1.82) is 0 Å². The lowest BCUT2D eigenvalue weighted by molar-refractivity contribution is -0.0135. The first-order valence-corrected chi connectivity index (χ1v) is 9.18. The number of morpholine rings is 1. The second kappa shape index (κ2) is 7.09. The highest BCUT2D eigenvalue weighted by atomic mass is 79.9. The van der Waals surface area contributed by atoms with Crippen molar-refractivity contribution in [3.8, 4) is 0 Å². The van der Waals surface area contributed by atoms with E-state index in [2.05, 4.69) is 26.2 Å². The smallest absolute Gasteiger partial charge is 0.322 e. The molecule has 1 aliphatic heterocycles. The van der Waals surface area contributed by atoms with Crippen LogP contribution in [0.5, 0.6) is 0 Å². The molecule has 1 N–H and O–H groups in total. The van der Waals surface area contributed by atoms with Crippen LogP contribution in [0, 0.1) is 6.92 Å². The van der Waals surface area contributed by atoms with E-state index in [9.17, 15) is 4.79 Å². The van der Waals surface area contributed by atoms with Crippen LogP contribution in [0.3, 0.4) is 0 Å². The molecule has 7 heteroatoms. The third-order valence-electron chi connectivity index (χ3n) is 4.34. The number of benzene rings is 2. The first kappa shape index (κ1) is 17.1. The predicted molar refractivity (Wildman–Crippen MR) is 102 cm³/mol. The summed E-state index contributed by atoms with van der Waals surface area (Å²) in [6.45, 7) is 3.38. The third kappa shape index (κ3) is 3.59. The Labute approximate surface area is 159 Å². The maximum Gasteiger partial charge on any atom is 0.322 e. The van der Waals surface area contributed by atoms with Crippen molar-refractivity contribution in [2.24, 2.45) is 0 Å². The van der Waals surface area contributed by atoms with Crippen LogP contribution < -0.4 is 5.32 Å². The number of nitrogens with zero attached hydrogens (tertiary/aromatic N) is 2. The molecule has 26 heavy (non-hydrogen) atoms. The van der Waals surface area contributed by atoms with Gasteiger partial charge in [0.15, 0.2) is 11.5 Å². The molecule has 0 spiro atoms. The van der Waals surface area contributed by atoms with E-state index in [4.69, 9.17) is 9.15 Å². The van der Waals surface area contributed by atoms with Crippen LogP contribution in [0.2, 0.25) is 0 Å². The Bertz CT molecular complexity index is 939. The van der Waals surface area contributed by atoms with Gasteiger partial charge in [0.25, 0.3) is 0 Å². The maximum absolute atomic E-state index is 12.6. The normalized spacial score (nSPS) is 17.5. The molecular formula is C19H18BrN3O3. The number of rotatable bonds is 2. The topological polar surface area (TPSA) is 67.6 Å². The standard InChI is InChI=1S/C19H18BrN3O3/c1-12-21-16-7-6-15(10-17(16)26-12)22-19(24)23-8-9-25-18(11-23)13-2-4-14(20)5-3-13/h2-7,10,18H,8-9,11H2,1H3,(H,22,24). The number of hydrogen-bond acceptors (Lipinski definition) is 4. The molecule has 2 amide bonds. The fraction of sp³-hybridized carbons (Fsp3) is 0.263. The van der Waals surface area contributed by atoms with Gasteiger partial charge in [0.1, 0.15) is 11.6 Å². The van der Waals surface area contributed by atoms with Gasteiger partial charge in [-0.05, 0) is 29.8 Å². The second-order valence-electron chi connectivity index (χ2n) is 6.20. The molecule has 1 fully saturated rings. The molecule has 0 saturated carbocycles. The number of carbonyl (C=O) groups is 1. The number of nitrogens with one attached hydrogen (secondary N) is 1. The quantitative estimate of drug-likeness (QED) is 0.668. The van der Waals surface area contributed by atoms with Crippen LogP contribution in [0.4, 0.5) is 10.5 Å². The van der Waals surface area contributed by atoms with Gasteiger partial charge in [0.05, 0.1) is 13.2 Å². The zero-order valence-corrected chi connectivity index (χ0v) is 15.8. The summed E-state index contributed by atoms with van der Waals surface area (Å²) < 4.78 is 12.4. The summed E-state index contributed by atoms with van der Waals surface area (Å²) in [6, 6.07) is 13.3. The van der Waals surface area contributed by atoms with E-state index in [0.717, 1.165) is 15.6 Å². The summed E-state index contributed by atoms with van der Waals surface area (Å²) in [7, 11) is 0. The number of aryl methyl sites for hydroxylation is 1. The molecule has 1 aromatic heterocycles. The van der Waals surface area contributed by atoms with Gasteiger partial charge in [-0.25, -0.2) is 9.78 Å². The monoisotopic (exact) mass is 415 g/mol. The lowest BCUT2D eigenvalue weighted by atomic mass is 10.1. The Morgan fingerprint density at radius 2 is 2.08 bits per heavy atom. The molecule has 0 radical (unpaired) electrons. The van der Waals surface area contributed by atoms with E-state index in [1.807, 2.05) is 36.4 Å². The summed E-state index contributed by atoms with van der Waals surface area (Å²) in [5.41, 5.74) is 3.19. The number of hydrogen-bond donors (Lipinski definition) is 1. The molecule has 1 aliphatic rings. The molecule has 2 aromatic carbocycles. The van der Waals surface area contributed by atoms with E-state index < -0.39 is 0 Å². The largest absolute Gasteiger partial charge is 0.441 e. The number of halogens is 1. The Kier molecular flexibility index (Phi) is 4.65. The van der Waals surface area contributed by atoms with Gasteiger partial charge in [-0.15, -0.1) is 0 Å². The molecule has 4 rings (SSSR count). The maximum atomic E-state index is 12.6. The number of carbonyl (C=O) groups excluding carboxylic acids is 1. The Morgan fingerprint density at radius 1 is 1.27 bits per heavy atom. The van der Waals surface area contributed by atoms with Gasteiger partial charge < -0.3 is 19.4 Å². The van der Waals surface area contributed by atoms with E-state index in [-0.39, 0.29) is 12.1 Å². The van der Waals surface area contributed by atoms with Crippen LogP contribution in [0.1, 0.15) is 17.6 Å². The second-order valence-corrected chi connectivity index (χ2v) is 7.12. The van der Waals surface area contributed by atoms with Crippen LogP contribution in [-0.2, 0) is 4.74 Å². The predicted octanol–water partition coefficient (Wildman–Crippen LogP) is 4.50. The molecule has 134 valence electrons. The highest BCUT2D eigenvalue weighted by Gasteiger charge is 2.25. The molecule has 2 heterocycles. The van der Waals surface area contributed by atoms with Crippen molar-refractivity contribution in [2.75, 3.05) is 25.0 Å². The molecule has 1 unspecified atom stereocenters. The van der Waals surface area contributed by atoms with Crippen molar-refractivity contribution in [3.05, 3.63) is 58.4 Å². The van der Waals surface area contributed by atoms with Crippen molar-refractivity contribution in [2.45, 2.75) is 13.0 Å². The van der Waals surface area contributed by atoms with E-state index in [0.29, 0.717) is 36.9 Å². The van der Waals surface area contributed by atoms with Crippen molar-refractivity contribution < 1.29 is 13.9 Å². The molecule has 6 nitrogen and oxygen atoms in total. The van der Waals surface area contributed by atoms with Crippen LogP contribution in [0.15, 0.2) is 51.4 Å². The van der Waals surface area contributed by atoms with Gasteiger partial charge in [-0.2, -0.15) is 0 Å². The fourth-order valence-corrected chi connectivity index (χ4v) is 3.30. The zero-order valence-electron chi connectivity index (χ0n) is 14.2. The van der Waals surface area contributed by atoms with E-state index in [1.54, 1.807) is 17.9 Å². The first-order valence-electron chi connectivity index (χ1n) is 8.39. The molecule has 3 aromatic rings. The molecule has 1 atom stereocenters. The minimum atomic E-state index is -0.147.